The van der Waals surface area contributed by atoms with Crippen molar-refractivity contribution in [3.63, 3.8) is 0 Å². The lowest BCUT2D eigenvalue weighted by atomic mass is 9.87. The van der Waals surface area contributed by atoms with Gasteiger partial charge in [0.2, 0.25) is 0 Å². The number of aliphatic hydroxyl groups is 1. The maximum Gasteiger partial charge on any atom is 0.313 e. The first-order valence-corrected chi connectivity index (χ1v) is 7.11. The van der Waals surface area contributed by atoms with E-state index in [1.807, 2.05) is 0 Å². The summed E-state index contributed by atoms with van der Waals surface area (Å²) in [6, 6.07) is 0. The molecule has 3 heteroatoms. The van der Waals surface area contributed by atoms with Gasteiger partial charge in [-0.1, -0.05) is 39.0 Å². The molecule has 0 aromatic rings. The summed E-state index contributed by atoms with van der Waals surface area (Å²) in [5.74, 6) is 0.176. The standard InChI is InChI=1S/C14H26O3/c1-2-3-4-6-9-12-13(17-14(12)16)10-7-5-8-11-15/h12-13,15H,2-11H2,1H3/t12-,13-/m0/s1. The predicted octanol–water partition coefficient (Wildman–Crippen LogP) is 3.05. The van der Waals surface area contributed by atoms with Crippen LogP contribution < -0.4 is 0 Å². The Morgan fingerprint density at radius 3 is 2.41 bits per heavy atom. The van der Waals surface area contributed by atoms with Gasteiger partial charge in [0.05, 0.1) is 5.92 Å². The second-order valence-electron chi connectivity index (χ2n) is 5.00. The molecule has 1 rings (SSSR count). The molecule has 100 valence electrons. The number of cyclic esters (lactones) is 1. The minimum absolute atomic E-state index is 0.00802. The van der Waals surface area contributed by atoms with E-state index in [1.54, 1.807) is 0 Å². The molecule has 3 nitrogen and oxygen atoms in total. The Morgan fingerprint density at radius 1 is 1.06 bits per heavy atom. The second-order valence-corrected chi connectivity index (χ2v) is 5.00. The number of rotatable bonds is 10. The first-order valence-electron chi connectivity index (χ1n) is 7.11. The number of unbranched alkanes of at least 4 members (excludes halogenated alkanes) is 5. The van der Waals surface area contributed by atoms with E-state index in [1.165, 1.54) is 19.3 Å². The molecule has 1 aliphatic heterocycles. The molecule has 1 saturated heterocycles. The minimum Gasteiger partial charge on any atom is -0.461 e. The molecule has 0 aromatic heterocycles. The fraction of sp³-hybridized carbons (Fsp3) is 0.929. The quantitative estimate of drug-likeness (QED) is 0.473. The number of carbonyl (C=O) groups is 1. The lowest BCUT2D eigenvalue weighted by Crippen LogP contribution is -2.44. The van der Waals surface area contributed by atoms with Gasteiger partial charge in [0, 0.05) is 6.61 Å². The summed E-state index contributed by atoms with van der Waals surface area (Å²) in [7, 11) is 0. The van der Waals surface area contributed by atoms with Crippen molar-refractivity contribution >= 4 is 5.97 Å². The molecule has 0 bridgehead atoms. The molecule has 1 aliphatic rings. The van der Waals surface area contributed by atoms with E-state index >= 15 is 0 Å². The number of ether oxygens (including phenoxy) is 1. The monoisotopic (exact) mass is 242 g/mol. The largest absolute Gasteiger partial charge is 0.461 e. The van der Waals surface area contributed by atoms with E-state index in [0.29, 0.717) is 0 Å². The molecular weight excluding hydrogens is 216 g/mol. The van der Waals surface area contributed by atoms with Crippen molar-refractivity contribution in [1.29, 1.82) is 0 Å². The Labute approximate surface area is 105 Å². The van der Waals surface area contributed by atoms with Crippen molar-refractivity contribution in [2.75, 3.05) is 6.61 Å². The van der Waals surface area contributed by atoms with Crippen molar-refractivity contribution in [2.45, 2.75) is 70.8 Å². The van der Waals surface area contributed by atoms with Crippen LogP contribution in [0.25, 0.3) is 0 Å². The number of carbonyl (C=O) groups excluding carboxylic acids is 1. The summed E-state index contributed by atoms with van der Waals surface area (Å²) >= 11 is 0. The van der Waals surface area contributed by atoms with E-state index in [9.17, 15) is 4.79 Å². The van der Waals surface area contributed by atoms with Crippen LogP contribution in [0.3, 0.4) is 0 Å². The van der Waals surface area contributed by atoms with E-state index < -0.39 is 0 Å². The Bertz CT molecular complexity index is 216. The molecule has 1 fully saturated rings. The van der Waals surface area contributed by atoms with Crippen LogP contribution in [0, 0.1) is 5.92 Å². The van der Waals surface area contributed by atoms with Crippen LogP contribution in [0.4, 0.5) is 0 Å². The topological polar surface area (TPSA) is 46.5 Å². The molecule has 17 heavy (non-hydrogen) atoms. The van der Waals surface area contributed by atoms with Crippen LogP contribution >= 0.6 is 0 Å². The van der Waals surface area contributed by atoms with Crippen molar-refractivity contribution in [2.24, 2.45) is 5.92 Å². The Balaban J connectivity index is 2.07. The highest BCUT2D eigenvalue weighted by Crippen LogP contribution is 2.31. The van der Waals surface area contributed by atoms with E-state index in [0.717, 1.165) is 38.5 Å². The van der Waals surface area contributed by atoms with Crippen LogP contribution in [0.2, 0.25) is 0 Å². The van der Waals surface area contributed by atoms with Gasteiger partial charge < -0.3 is 9.84 Å². The zero-order valence-electron chi connectivity index (χ0n) is 11.0. The van der Waals surface area contributed by atoms with Crippen LogP contribution in [0.15, 0.2) is 0 Å². The normalized spacial score (nSPS) is 23.3. The molecule has 0 amide bonds. The molecule has 0 aromatic carbocycles. The fourth-order valence-electron chi connectivity index (χ4n) is 2.39. The Kier molecular flexibility index (Phi) is 7.25. The average Bonchev–Trinajstić information content (AvgIpc) is 2.32. The summed E-state index contributed by atoms with van der Waals surface area (Å²) in [5, 5.41) is 8.68. The first-order chi connectivity index (χ1) is 8.29. The zero-order valence-corrected chi connectivity index (χ0v) is 11.0. The zero-order chi connectivity index (χ0) is 12.5. The van der Waals surface area contributed by atoms with E-state index in [2.05, 4.69) is 6.92 Å². The minimum atomic E-state index is 0.00802. The van der Waals surface area contributed by atoms with Crippen LogP contribution in [-0.2, 0) is 9.53 Å². The third-order valence-corrected chi connectivity index (χ3v) is 3.53. The van der Waals surface area contributed by atoms with Gasteiger partial charge in [-0.2, -0.15) is 0 Å². The maximum absolute atomic E-state index is 11.3. The first kappa shape index (κ1) is 14.5. The molecule has 0 unspecified atom stereocenters. The van der Waals surface area contributed by atoms with E-state index in [-0.39, 0.29) is 24.6 Å². The highest BCUT2D eigenvalue weighted by atomic mass is 16.6. The van der Waals surface area contributed by atoms with Crippen LogP contribution in [-0.4, -0.2) is 23.8 Å². The molecule has 1 N–H and O–H groups in total. The Morgan fingerprint density at radius 2 is 1.76 bits per heavy atom. The van der Waals surface area contributed by atoms with Crippen molar-refractivity contribution < 1.29 is 14.6 Å². The SMILES string of the molecule is CCCCCC[C@@H]1C(=O)O[C@H]1CCCCCO. The van der Waals surface area contributed by atoms with Crippen LogP contribution in [0.5, 0.6) is 0 Å². The number of hydrogen-bond donors (Lipinski definition) is 1. The summed E-state index contributed by atoms with van der Waals surface area (Å²) < 4.78 is 5.19. The number of hydrogen-bond acceptors (Lipinski definition) is 3. The van der Waals surface area contributed by atoms with Gasteiger partial charge in [-0.15, -0.1) is 0 Å². The summed E-state index contributed by atoms with van der Waals surface area (Å²) in [5.41, 5.74) is 0. The van der Waals surface area contributed by atoms with Gasteiger partial charge in [0.1, 0.15) is 6.10 Å². The van der Waals surface area contributed by atoms with Gasteiger partial charge >= 0.3 is 5.97 Å². The molecule has 0 aliphatic carbocycles. The molecule has 0 radical (unpaired) electrons. The molecule has 2 atom stereocenters. The van der Waals surface area contributed by atoms with Crippen molar-refractivity contribution in [1.82, 2.24) is 0 Å². The fourth-order valence-corrected chi connectivity index (χ4v) is 2.39. The van der Waals surface area contributed by atoms with E-state index in [4.69, 9.17) is 9.84 Å². The average molecular weight is 242 g/mol. The summed E-state index contributed by atoms with van der Waals surface area (Å²) in [6.07, 6.45) is 10.00. The lowest BCUT2D eigenvalue weighted by Gasteiger charge is -2.35. The smallest absolute Gasteiger partial charge is 0.313 e. The van der Waals surface area contributed by atoms with Crippen molar-refractivity contribution in [3.05, 3.63) is 0 Å². The highest BCUT2D eigenvalue weighted by molar-refractivity contribution is 5.78. The lowest BCUT2D eigenvalue weighted by molar-refractivity contribution is -0.186. The highest BCUT2D eigenvalue weighted by Gasteiger charge is 2.40. The molecular formula is C14H26O3. The molecule has 0 saturated carbocycles. The van der Waals surface area contributed by atoms with Gasteiger partial charge in [0.15, 0.2) is 0 Å². The summed E-state index contributed by atoms with van der Waals surface area (Å²) in [4.78, 5) is 11.3. The van der Waals surface area contributed by atoms with Gasteiger partial charge in [-0.05, 0) is 25.7 Å². The van der Waals surface area contributed by atoms with Crippen molar-refractivity contribution in [3.8, 4) is 0 Å². The molecule has 0 spiro atoms. The summed E-state index contributed by atoms with van der Waals surface area (Å²) in [6.45, 7) is 2.46. The maximum atomic E-state index is 11.3. The van der Waals surface area contributed by atoms with Gasteiger partial charge in [-0.25, -0.2) is 0 Å². The van der Waals surface area contributed by atoms with Gasteiger partial charge in [0.25, 0.3) is 0 Å². The number of esters is 1. The van der Waals surface area contributed by atoms with Gasteiger partial charge in [-0.3, -0.25) is 4.79 Å². The van der Waals surface area contributed by atoms with Crippen LogP contribution in [0.1, 0.15) is 64.7 Å². The predicted molar refractivity (Wildman–Crippen MR) is 67.7 cm³/mol. The third-order valence-electron chi connectivity index (χ3n) is 3.53. The molecule has 1 heterocycles. The third kappa shape index (κ3) is 5.07. The second kappa shape index (κ2) is 8.51. The number of aliphatic hydroxyl groups excluding tert-OH is 1. The Hall–Kier alpha value is -0.570.